The summed E-state index contributed by atoms with van der Waals surface area (Å²) in [6.07, 6.45) is 8.46. The molecule has 1 aromatic rings. The number of hydrogen-bond acceptors (Lipinski definition) is 2. The molecule has 0 aromatic carbocycles. The van der Waals surface area contributed by atoms with Crippen molar-refractivity contribution in [3.05, 3.63) is 17.5 Å². The summed E-state index contributed by atoms with van der Waals surface area (Å²) >= 11 is 0. The quantitative estimate of drug-likeness (QED) is 0.700. The van der Waals surface area contributed by atoms with Crippen LogP contribution in [0.4, 0.5) is 0 Å². The molecule has 1 fully saturated rings. The molecule has 3 heteroatoms. The second-order valence-electron chi connectivity index (χ2n) is 4.14. The van der Waals surface area contributed by atoms with Crippen LogP contribution in [-0.4, -0.2) is 23.8 Å². The first-order valence-corrected chi connectivity index (χ1v) is 5.58. The molecule has 2 rings (SSSR count). The van der Waals surface area contributed by atoms with Crippen molar-refractivity contribution < 1.29 is 0 Å². The van der Waals surface area contributed by atoms with E-state index >= 15 is 0 Å². The van der Waals surface area contributed by atoms with Crippen LogP contribution >= 0.6 is 0 Å². The minimum absolute atomic E-state index is 0.804. The Hall–Kier alpha value is -0.830. The van der Waals surface area contributed by atoms with Crippen molar-refractivity contribution in [3.8, 4) is 0 Å². The standard InChI is InChI=1S/C11H19N3/c1-12-7-3-6-11-10(8-13-14-11)9-4-2-5-9/h8-9,12H,2-7H2,1H3,(H,13,14). The highest BCUT2D eigenvalue weighted by Gasteiger charge is 2.22. The normalized spacial score (nSPS) is 16.9. The first-order chi connectivity index (χ1) is 6.92. The molecule has 2 N–H and O–H groups in total. The van der Waals surface area contributed by atoms with E-state index in [0.717, 1.165) is 18.9 Å². The number of aryl methyl sites for hydroxylation is 1. The molecule has 0 amide bonds. The monoisotopic (exact) mass is 193 g/mol. The first-order valence-electron chi connectivity index (χ1n) is 5.58. The molecule has 0 bridgehead atoms. The van der Waals surface area contributed by atoms with Crippen molar-refractivity contribution in [2.75, 3.05) is 13.6 Å². The molecule has 78 valence electrons. The number of aromatic nitrogens is 2. The third-order valence-electron chi connectivity index (χ3n) is 3.15. The van der Waals surface area contributed by atoms with Crippen LogP contribution in [0, 0.1) is 0 Å². The summed E-state index contributed by atoms with van der Waals surface area (Å²) in [5, 5.41) is 10.5. The lowest BCUT2D eigenvalue weighted by molar-refractivity contribution is 0.417. The van der Waals surface area contributed by atoms with Crippen molar-refractivity contribution >= 4 is 0 Å². The molecule has 3 nitrogen and oxygen atoms in total. The van der Waals surface area contributed by atoms with E-state index in [1.165, 1.54) is 36.9 Å². The molecule has 1 aliphatic carbocycles. The van der Waals surface area contributed by atoms with Crippen LogP contribution in [-0.2, 0) is 6.42 Å². The maximum atomic E-state index is 4.16. The van der Waals surface area contributed by atoms with Crippen LogP contribution in [0.25, 0.3) is 0 Å². The maximum absolute atomic E-state index is 4.16. The van der Waals surface area contributed by atoms with Crippen molar-refractivity contribution in [1.82, 2.24) is 15.5 Å². The summed E-state index contributed by atoms with van der Waals surface area (Å²) < 4.78 is 0. The molecule has 0 atom stereocenters. The molecular formula is C11H19N3. The third kappa shape index (κ3) is 1.98. The molecule has 0 saturated heterocycles. The molecule has 0 radical (unpaired) electrons. The Morgan fingerprint density at radius 2 is 2.43 bits per heavy atom. The number of nitrogens with one attached hydrogen (secondary N) is 2. The largest absolute Gasteiger partial charge is 0.320 e. The Labute approximate surface area is 85.3 Å². The zero-order chi connectivity index (χ0) is 9.80. The topological polar surface area (TPSA) is 40.7 Å². The van der Waals surface area contributed by atoms with Gasteiger partial charge in [-0.3, -0.25) is 5.10 Å². The zero-order valence-corrected chi connectivity index (χ0v) is 8.84. The van der Waals surface area contributed by atoms with Gasteiger partial charge in [-0.2, -0.15) is 5.10 Å². The van der Waals surface area contributed by atoms with E-state index in [9.17, 15) is 0 Å². The van der Waals surface area contributed by atoms with E-state index in [4.69, 9.17) is 0 Å². The van der Waals surface area contributed by atoms with E-state index in [1.807, 2.05) is 13.2 Å². The summed E-state index contributed by atoms with van der Waals surface area (Å²) in [4.78, 5) is 0. The Morgan fingerprint density at radius 3 is 3.07 bits per heavy atom. The van der Waals surface area contributed by atoms with Crippen LogP contribution < -0.4 is 5.32 Å². The summed E-state index contributed by atoms with van der Waals surface area (Å²) in [6.45, 7) is 1.09. The number of rotatable bonds is 5. The van der Waals surface area contributed by atoms with Gasteiger partial charge in [0.25, 0.3) is 0 Å². The summed E-state index contributed by atoms with van der Waals surface area (Å²) in [5.74, 6) is 0.804. The lowest BCUT2D eigenvalue weighted by atomic mass is 9.80. The van der Waals surface area contributed by atoms with Crippen LogP contribution in [0.5, 0.6) is 0 Å². The van der Waals surface area contributed by atoms with E-state index in [2.05, 4.69) is 15.5 Å². The van der Waals surface area contributed by atoms with Gasteiger partial charge in [0, 0.05) is 5.69 Å². The fourth-order valence-electron chi connectivity index (χ4n) is 2.04. The van der Waals surface area contributed by atoms with E-state index in [1.54, 1.807) is 0 Å². The van der Waals surface area contributed by atoms with Crippen LogP contribution in [0.1, 0.15) is 42.9 Å². The van der Waals surface area contributed by atoms with Gasteiger partial charge in [0.1, 0.15) is 0 Å². The Morgan fingerprint density at radius 1 is 1.57 bits per heavy atom. The third-order valence-corrected chi connectivity index (χ3v) is 3.15. The van der Waals surface area contributed by atoms with Gasteiger partial charge in [-0.05, 0) is 50.8 Å². The number of H-pyrrole nitrogens is 1. The fourth-order valence-corrected chi connectivity index (χ4v) is 2.04. The second kappa shape index (κ2) is 4.60. The Balaban J connectivity index is 1.91. The second-order valence-corrected chi connectivity index (χ2v) is 4.14. The summed E-state index contributed by atoms with van der Waals surface area (Å²) in [7, 11) is 2.00. The lowest BCUT2D eigenvalue weighted by Crippen LogP contribution is -2.12. The van der Waals surface area contributed by atoms with Crippen LogP contribution in [0.2, 0.25) is 0 Å². The van der Waals surface area contributed by atoms with Crippen LogP contribution in [0.3, 0.4) is 0 Å². The molecule has 14 heavy (non-hydrogen) atoms. The molecule has 1 aliphatic rings. The molecule has 0 aliphatic heterocycles. The number of aromatic amines is 1. The molecular weight excluding hydrogens is 174 g/mol. The molecule has 0 spiro atoms. The smallest absolute Gasteiger partial charge is 0.0524 e. The fraction of sp³-hybridized carbons (Fsp3) is 0.727. The van der Waals surface area contributed by atoms with Gasteiger partial charge in [-0.15, -0.1) is 0 Å². The van der Waals surface area contributed by atoms with Gasteiger partial charge in [-0.1, -0.05) is 6.42 Å². The van der Waals surface area contributed by atoms with Crippen molar-refractivity contribution in [2.24, 2.45) is 0 Å². The van der Waals surface area contributed by atoms with Gasteiger partial charge in [0.2, 0.25) is 0 Å². The molecule has 1 aromatic heterocycles. The number of nitrogens with zero attached hydrogens (tertiary/aromatic N) is 1. The van der Waals surface area contributed by atoms with E-state index < -0.39 is 0 Å². The van der Waals surface area contributed by atoms with Gasteiger partial charge in [-0.25, -0.2) is 0 Å². The van der Waals surface area contributed by atoms with Crippen LogP contribution in [0.15, 0.2) is 6.20 Å². The molecule has 0 unspecified atom stereocenters. The molecule has 1 heterocycles. The van der Waals surface area contributed by atoms with E-state index in [0.29, 0.717) is 0 Å². The van der Waals surface area contributed by atoms with Gasteiger partial charge in [0.05, 0.1) is 6.20 Å². The highest BCUT2D eigenvalue weighted by Crippen LogP contribution is 2.37. The average Bonchev–Trinajstić information content (AvgIpc) is 2.51. The first kappa shape index (κ1) is 9.71. The predicted molar refractivity (Wildman–Crippen MR) is 57.4 cm³/mol. The van der Waals surface area contributed by atoms with Gasteiger partial charge in [0.15, 0.2) is 0 Å². The number of hydrogen-bond donors (Lipinski definition) is 2. The maximum Gasteiger partial charge on any atom is 0.0524 e. The Bertz CT molecular complexity index is 276. The highest BCUT2D eigenvalue weighted by molar-refractivity contribution is 5.23. The average molecular weight is 193 g/mol. The summed E-state index contributed by atoms with van der Waals surface area (Å²) in [6, 6.07) is 0. The van der Waals surface area contributed by atoms with Gasteiger partial charge >= 0.3 is 0 Å². The van der Waals surface area contributed by atoms with Crippen molar-refractivity contribution in [2.45, 2.75) is 38.0 Å². The zero-order valence-electron chi connectivity index (χ0n) is 8.84. The minimum Gasteiger partial charge on any atom is -0.320 e. The van der Waals surface area contributed by atoms with E-state index in [-0.39, 0.29) is 0 Å². The highest BCUT2D eigenvalue weighted by atomic mass is 15.1. The van der Waals surface area contributed by atoms with Crippen molar-refractivity contribution in [3.63, 3.8) is 0 Å². The Kier molecular flexibility index (Phi) is 3.19. The van der Waals surface area contributed by atoms with Gasteiger partial charge < -0.3 is 5.32 Å². The molecule has 1 saturated carbocycles. The lowest BCUT2D eigenvalue weighted by Gasteiger charge is -2.25. The SMILES string of the molecule is CNCCCc1[nH]ncc1C1CCC1. The minimum atomic E-state index is 0.804. The summed E-state index contributed by atoms with van der Waals surface area (Å²) in [5.41, 5.74) is 2.84. The van der Waals surface area contributed by atoms with Crippen molar-refractivity contribution in [1.29, 1.82) is 0 Å². The predicted octanol–water partition coefficient (Wildman–Crippen LogP) is 1.83.